The Hall–Kier alpha value is -1.24. The minimum absolute atomic E-state index is 0.396. The van der Waals surface area contributed by atoms with E-state index in [1.54, 1.807) is 11.3 Å². The molecule has 1 aromatic heterocycles. The number of aryl methyl sites for hydroxylation is 2. The van der Waals surface area contributed by atoms with Crippen LogP contribution < -0.4 is 10.6 Å². The Kier molecular flexibility index (Phi) is 5.97. The Morgan fingerprint density at radius 1 is 1.39 bits per heavy atom. The van der Waals surface area contributed by atoms with Crippen molar-refractivity contribution in [1.82, 2.24) is 15.6 Å². The quantitative estimate of drug-likeness (QED) is 0.639. The summed E-state index contributed by atoms with van der Waals surface area (Å²) < 4.78 is 24.2. The molecule has 0 fully saturated rings. The van der Waals surface area contributed by atoms with Crippen LogP contribution in [0.5, 0.6) is 0 Å². The van der Waals surface area contributed by atoms with Gasteiger partial charge in [0.15, 0.2) is 5.96 Å². The number of hydrogen-bond donors (Lipinski definition) is 2. The molecule has 1 aromatic rings. The van der Waals surface area contributed by atoms with Crippen LogP contribution in [-0.4, -0.2) is 30.5 Å². The van der Waals surface area contributed by atoms with Crippen LogP contribution in [0.3, 0.4) is 0 Å². The lowest BCUT2D eigenvalue weighted by Gasteiger charge is -2.10. The number of hydrogen-bond acceptors (Lipinski definition) is 3. The summed E-state index contributed by atoms with van der Waals surface area (Å²) in [7, 11) is 0. The van der Waals surface area contributed by atoms with Crippen LogP contribution in [0.25, 0.3) is 0 Å². The van der Waals surface area contributed by atoms with Crippen LogP contribution in [0, 0.1) is 13.8 Å². The normalized spacial score (nSPS) is 12.0. The number of thiazole rings is 1. The van der Waals surface area contributed by atoms with E-state index in [2.05, 4.69) is 20.6 Å². The Morgan fingerprint density at radius 2 is 2.11 bits per heavy atom. The molecule has 1 heterocycles. The number of nitrogens with one attached hydrogen (secondary N) is 2. The summed E-state index contributed by atoms with van der Waals surface area (Å²) in [5, 5.41) is 6.50. The SMILES string of the molecule is CCNC(=NCc1sc(C)nc1C)NCC(F)F. The zero-order chi connectivity index (χ0) is 13.5. The van der Waals surface area contributed by atoms with Crippen LogP contribution in [0.15, 0.2) is 4.99 Å². The highest BCUT2D eigenvalue weighted by Crippen LogP contribution is 2.17. The van der Waals surface area contributed by atoms with Gasteiger partial charge in [0.2, 0.25) is 0 Å². The van der Waals surface area contributed by atoms with E-state index in [1.807, 2.05) is 20.8 Å². The second-order valence-corrected chi connectivity index (χ2v) is 5.00. The highest BCUT2D eigenvalue weighted by Gasteiger charge is 2.06. The Labute approximate surface area is 110 Å². The molecule has 0 radical (unpaired) electrons. The van der Waals surface area contributed by atoms with E-state index in [4.69, 9.17) is 0 Å². The van der Waals surface area contributed by atoms with Crippen LogP contribution in [0.1, 0.15) is 22.5 Å². The summed E-state index contributed by atoms with van der Waals surface area (Å²) in [5.74, 6) is 0.406. The molecular formula is C11H18F2N4S. The first-order valence-corrected chi connectivity index (χ1v) is 6.57. The van der Waals surface area contributed by atoms with E-state index in [-0.39, 0.29) is 0 Å². The molecular weight excluding hydrogens is 258 g/mol. The molecule has 4 nitrogen and oxygen atoms in total. The van der Waals surface area contributed by atoms with Gasteiger partial charge in [-0.05, 0) is 20.8 Å². The third-order valence-electron chi connectivity index (χ3n) is 2.15. The van der Waals surface area contributed by atoms with Gasteiger partial charge in [0.25, 0.3) is 6.43 Å². The van der Waals surface area contributed by atoms with Gasteiger partial charge in [0.05, 0.1) is 23.8 Å². The standard InChI is InChI=1S/C11H18F2N4S/c1-4-14-11(16-6-10(12)13)15-5-9-7(2)17-8(3)18-9/h10H,4-6H2,1-3H3,(H2,14,15,16). The van der Waals surface area contributed by atoms with Crippen molar-refractivity contribution in [2.75, 3.05) is 13.1 Å². The van der Waals surface area contributed by atoms with Gasteiger partial charge in [-0.3, -0.25) is 0 Å². The number of rotatable bonds is 5. The molecule has 102 valence electrons. The molecule has 0 bridgehead atoms. The van der Waals surface area contributed by atoms with Crippen molar-refractivity contribution in [2.24, 2.45) is 4.99 Å². The second-order valence-electron chi connectivity index (χ2n) is 3.71. The summed E-state index contributed by atoms with van der Waals surface area (Å²) >= 11 is 1.58. The highest BCUT2D eigenvalue weighted by atomic mass is 32.1. The average molecular weight is 276 g/mol. The zero-order valence-corrected chi connectivity index (χ0v) is 11.6. The van der Waals surface area contributed by atoms with Gasteiger partial charge in [-0.2, -0.15) is 0 Å². The van der Waals surface area contributed by atoms with E-state index < -0.39 is 13.0 Å². The molecule has 0 aliphatic carbocycles. The lowest BCUT2D eigenvalue weighted by atomic mass is 10.4. The van der Waals surface area contributed by atoms with Crippen molar-refractivity contribution in [3.63, 3.8) is 0 Å². The number of halogens is 2. The Balaban J connectivity index is 2.61. The van der Waals surface area contributed by atoms with Crippen LogP contribution in [-0.2, 0) is 6.54 Å². The van der Waals surface area contributed by atoms with Crippen molar-refractivity contribution in [3.05, 3.63) is 15.6 Å². The van der Waals surface area contributed by atoms with Gasteiger partial charge < -0.3 is 10.6 Å². The molecule has 1 rings (SSSR count). The third-order valence-corrected chi connectivity index (χ3v) is 3.21. The summed E-state index contributed by atoms with van der Waals surface area (Å²) in [6, 6.07) is 0. The number of guanidine groups is 1. The van der Waals surface area contributed by atoms with Gasteiger partial charge >= 0.3 is 0 Å². The first kappa shape index (κ1) is 14.8. The van der Waals surface area contributed by atoms with Crippen molar-refractivity contribution < 1.29 is 8.78 Å². The van der Waals surface area contributed by atoms with Crippen molar-refractivity contribution in [1.29, 1.82) is 0 Å². The first-order chi connectivity index (χ1) is 8.52. The highest BCUT2D eigenvalue weighted by molar-refractivity contribution is 7.11. The molecule has 0 spiro atoms. The third kappa shape index (κ3) is 4.95. The molecule has 0 amide bonds. The van der Waals surface area contributed by atoms with E-state index in [0.29, 0.717) is 19.0 Å². The fourth-order valence-electron chi connectivity index (χ4n) is 1.39. The summed E-state index contributed by atoms with van der Waals surface area (Å²) in [6.07, 6.45) is -2.39. The van der Waals surface area contributed by atoms with E-state index in [1.165, 1.54) is 0 Å². The first-order valence-electron chi connectivity index (χ1n) is 5.76. The molecule has 0 saturated heterocycles. The maximum absolute atomic E-state index is 12.1. The van der Waals surface area contributed by atoms with Crippen LogP contribution in [0.2, 0.25) is 0 Å². The number of aromatic nitrogens is 1. The van der Waals surface area contributed by atoms with Gasteiger partial charge in [-0.15, -0.1) is 11.3 Å². The van der Waals surface area contributed by atoms with Gasteiger partial charge in [0.1, 0.15) is 0 Å². The topological polar surface area (TPSA) is 49.3 Å². The minimum atomic E-state index is -2.39. The van der Waals surface area contributed by atoms with Crippen LogP contribution in [0.4, 0.5) is 8.78 Å². The van der Waals surface area contributed by atoms with Gasteiger partial charge in [0, 0.05) is 11.4 Å². The number of alkyl halides is 2. The zero-order valence-electron chi connectivity index (χ0n) is 10.8. The monoisotopic (exact) mass is 276 g/mol. The average Bonchev–Trinajstić information content (AvgIpc) is 2.61. The second kappa shape index (κ2) is 7.25. The molecule has 2 N–H and O–H groups in total. The molecule has 0 saturated carbocycles. The number of nitrogens with zero attached hydrogens (tertiary/aromatic N) is 2. The van der Waals surface area contributed by atoms with Crippen LogP contribution >= 0.6 is 11.3 Å². The van der Waals surface area contributed by atoms with E-state index in [0.717, 1.165) is 15.6 Å². The van der Waals surface area contributed by atoms with Gasteiger partial charge in [-0.1, -0.05) is 0 Å². The molecule has 0 atom stereocenters. The summed E-state index contributed by atoms with van der Waals surface area (Å²) in [4.78, 5) is 9.62. The van der Waals surface area contributed by atoms with E-state index >= 15 is 0 Å². The fourth-order valence-corrected chi connectivity index (χ4v) is 2.25. The summed E-state index contributed by atoms with van der Waals surface area (Å²) in [5.41, 5.74) is 0.950. The minimum Gasteiger partial charge on any atom is -0.357 e. The molecule has 7 heteroatoms. The molecule has 0 aliphatic rings. The lowest BCUT2D eigenvalue weighted by molar-refractivity contribution is 0.152. The maximum Gasteiger partial charge on any atom is 0.255 e. The summed E-state index contributed by atoms with van der Waals surface area (Å²) in [6.45, 7) is 6.44. The number of aliphatic imine (C=N–C) groups is 1. The smallest absolute Gasteiger partial charge is 0.255 e. The van der Waals surface area contributed by atoms with Crippen molar-refractivity contribution >= 4 is 17.3 Å². The van der Waals surface area contributed by atoms with Crippen molar-refractivity contribution in [3.8, 4) is 0 Å². The Bertz CT molecular complexity index is 404. The largest absolute Gasteiger partial charge is 0.357 e. The molecule has 0 aromatic carbocycles. The molecule has 0 unspecified atom stereocenters. The lowest BCUT2D eigenvalue weighted by Crippen LogP contribution is -2.39. The van der Waals surface area contributed by atoms with Gasteiger partial charge in [-0.25, -0.2) is 18.8 Å². The van der Waals surface area contributed by atoms with Crippen molar-refractivity contribution in [2.45, 2.75) is 33.7 Å². The van der Waals surface area contributed by atoms with E-state index in [9.17, 15) is 8.78 Å². The Morgan fingerprint density at radius 3 is 2.61 bits per heavy atom. The molecule has 0 aliphatic heterocycles. The fraction of sp³-hybridized carbons (Fsp3) is 0.636. The maximum atomic E-state index is 12.1. The predicted molar refractivity (Wildman–Crippen MR) is 70.4 cm³/mol. The predicted octanol–water partition coefficient (Wildman–Crippen LogP) is 2.08. The molecule has 18 heavy (non-hydrogen) atoms.